The van der Waals surface area contributed by atoms with Gasteiger partial charge in [-0.1, -0.05) is 36.4 Å². The van der Waals surface area contributed by atoms with Gasteiger partial charge < -0.3 is 20.1 Å². The third-order valence-corrected chi connectivity index (χ3v) is 5.29. The molecule has 0 atom stereocenters. The van der Waals surface area contributed by atoms with Crippen molar-refractivity contribution in [3.63, 3.8) is 0 Å². The van der Waals surface area contributed by atoms with Gasteiger partial charge in [-0.2, -0.15) is 0 Å². The Balaban J connectivity index is 0.00000363. The van der Waals surface area contributed by atoms with Gasteiger partial charge >= 0.3 is 0 Å². The van der Waals surface area contributed by atoms with Gasteiger partial charge in [-0.15, -0.1) is 24.0 Å². The van der Waals surface area contributed by atoms with Crippen molar-refractivity contribution in [2.45, 2.75) is 39.5 Å². The summed E-state index contributed by atoms with van der Waals surface area (Å²) in [6, 6.07) is 16.9. The lowest BCUT2D eigenvalue weighted by molar-refractivity contribution is 0.0341. The maximum atomic E-state index is 5.71. The van der Waals surface area contributed by atoms with E-state index in [1.165, 1.54) is 16.7 Å². The first-order chi connectivity index (χ1) is 15.1. The number of aliphatic imine (C=N–C) groups is 1. The molecule has 176 valence electrons. The van der Waals surface area contributed by atoms with Crippen LogP contribution in [0.5, 0.6) is 5.75 Å². The van der Waals surface area contributed by atoms with Crippen molar-refractivity contribution in [1.82, 2.24) is 15.5 Å². The van der Waals surface area contributed by atoms with Crippen LogP contribution in [0.2, 0.25) is 0 Å². The molecule has 0 aromatic heterocycles. The van der Waals surface area contributed by atoms with E-state index in [1.54, 1.807) is 0 Å². The second kappa shape index (κ2) is 14.3. The number of nitrogens with zero attached hydrogens (tertiary/aromatic N) is 2. The fourth-order valence-corrected chi connectivity index (χ4v) is 3.62. The van der Waals surface area contributed by atoms with Crippen LogP contribution in [0.1, 0.15) is 30.5 Å². The number of hydrogen-bond donors (Lipinski definition) is 2. The predicted molar refractivity (Wildman–Crippen MR) is 142 cm³/mol. The third-order valence-electron chi connectivity index (χ3n) is 5.29. The van der Waals surface area contributed by atoms with Crippen LogP contribution in [-0.2, 0) is 24.2 Å². The standard InChI is InChI=1S/C25H36N4O2.HI/c1-20(2)31-24-10-8-21(9-11-24)12-13-27-25(26-3)28-18-22-6-4-5-7-23(22)19-29-14-16-30-17-15-29;/h4-11,20H,12-19H2,1-3H3,(H2,26,27,28);1H. The number of rotatable bonds is 9. The van der Waals surface area contributed by atoms with Crippen LogP contribution in [0, 0.1) is 0 Å². The van der Waals surface area contributed by atoms with E-state index in [4.69, 9.17) is 9.47 Å². The highest BCUT2D eigenvalue weighted by Crippen LogP contribution is 2.14. The van der Waals surface area contributed by atoms with Gasteiger partial charge in [0, 0.05) is 39.8 Å². The minimum Gasteiger partial charge on any atom is -0.491 e. The van der Waals surface area contributed by atoms with Gasteiger partial charge in [-0.25, -0.2) is 0 Å². The first-order valence-electron chi connectivity index (χ1n) is 11.2. The molecule has 7 heteroatoms. The van der Waals surface area contributed by atoms with Gasteiger partial charge in [0.15, 0.2) is 5.96 Å². The summed E-state index contributed by atoms with van der Waals surface area (Å²) in [7, 11) is 1.81. The van der Waals surface area contributed by atoms with Crippen LogP contribution in [0.4, 0.5) is 0 Å². The van der Waals surface area contributed by atoms with Crippen LogP contribution >= 0.6 is 24.0 Å². The summed E-state index contributed by atoms with van der Waals surface area (Å²) in [4.78, 5) is 6.83. The molecule has 0 radical (unpaired) electrons. The van der Waals surface area contributed by atoms with E-state index >= 15 is 0 Å². The van der Waals surface area contributed by atoms with Crippen molar-refractivity contribution in [2.24, 2.45) is 4.99 Å². The number of hydrogen-bond acceptors (Lipinski definition) is 4. The molecule has 1 saturated heterocycles. The molecule has 1 aliphatic rings. The van der Waals surface area contributed by atoms with Crippen LogP contribution in [0.3, 0.4) is 0 Å². The molecule has 2 N–H and O–H groups in total. The van der Waals surface area contributed by atoms with E-state index in [0.29, 0.717) is 0 Å². The Hall–Kier alpha value is -1.84. The van der Waals surface area contributed by atoms with E-state index < -0.39 is 0 Å². The number of benzene rings is 2. The first-order valence-corrected chi connectivity index (χ1v) is 11.2. The van der Waals surface area contributed by atoms with E-state index in [1.807, 2.05) is 33.0 Å². The number of halogens is 1. The molecule has 0 saturated carbocycles. The highest BCUT2D eigenvalue weighted by atomic mass is 127. The quantitative estimate of drug-likeness (QED) is 0.282. The van der Waals surface area contributed by atoms with Crippen molar-refractivity contribution in [1.29, 1.82) is 0 Å². The molecule has 0 amide bonds. The molecule has 0 spiro atoms. The molecule has 3 rings (SSSR count). The smallest absolute Gasteiger partial charge is 0.191 e. The zero-order chi connectivity index (χ0) is 21.9. The monoisotopic (exact) mass is 552 g/mol. The summed E-state index contributed by atoms with van der Waals surface area (Å²) in [6.45, 7) is 10.2. The Bertz CT molecular complexity index is 821. The van der Waals surface area contributed by atoms with Crippen molar-refractivity contribution < 1.29 is 9.47 Å². The second-order valence-electron chi connectivity index (χ2n) is 8.07. The third kappa shape index (κ3) is 8.96. The second-order valence-corrected chi connectivity index (χ2v) is 8.07. The molecule has 1 fully saturated rings. The number of nitrogens with one attached hydrogen (secondary N) is 2. The number of guanidine groups is 1. The van der Waals surface area contributed by atoms with Gasteiger partial charge in [0.05, 0.1) is 19.3 Å². The molecule has 2 aromatic rings. The van der Waals surface area contributed by atoms with Gasteiger partial charge in [0.1, 0.15) is 5.75 Å². The Morgan fingerprint density at radius 1 is 1.03 bits per heavy atom. The summed E-state index contributed by atoms with van der Waals surface area (Å²) in [5, 5.41) is 6.87. The molecular formula is C25H37IN4O2. The van der Waals surface area contributed by atoms with Crippen molar-refractivity contribution >= 4 is 29.9 Å². The van der Waals surface area contributed by atoms with Crippen LogP contribution in [-0.4, -0.2) is 56.9 Å². The SMILES string of the molecule is CN=C(NCCc1ccc(OC(C)C)cc1)NCc1ccccc1CN1CCOCC1.I. The lowest BCUT2D eigenvalue weighted by Crippen LogP contribution is -2.38. The van der Waals surface area contributed by atoms with Gasteiger partial charge in [-0.05, 0) is 49.1 Å². The highest BCUT2D eigenvalue weighted by Gasteiger charge is 2.12. The molecule has 0 aliphatic carbocycles. The van der Waals surface area contributed by atoms with Gasteiger partial charge in [0.25, 0.3) is 0 Å². The summed E-state index contributed by atoms with van der Waals surface area (Å²) in [5.41, 5.74) is 3.93. The van der Waals surface area contributed by atoms with E-state index in [0.717, 1.165) is 64.1 Å². The first kappa shape index (κ1) is 26.4. The average molecular weight is 553 g/mol. The molecule has 0 bridgehead atoms. The fourth-order valence-electron chi connectivity index (χ4n) is 3.62. The summed E-state index contributed by atoms with van der Waals surface area (Å²) in [5.74, 6) is 1.74. The Labute approximate surface area is 209 Å². The summed E-state index contributed by atoms with van der Waals surface area (Å²) in [6.07, 6.45) is 1.12. The van der Waals surface area contributed by atoms with Crippen LogP contribution in [0.25, 0.3) is 0 Å². The molecule has 0 unspecified atom stereocenters. The Morgan fingerprint density at radius 3 is 2.38 bits per heavy atom. The summed E-state index contributed by atoms with van der Waals surface area (Å²) < 4.78 is 11.2. The van der Waals surface area contributed by atoms with Gasteiger partial charge in [-0.3, -0.25) is 9.89 Å². The highest BCUT2D eigenvalue weighted by molar-refractivity contribution is 14.0. The normalized spacial score (nSPS) is 14.7. The Morgan fingerprint density at radius 2 is 1.72 bits per heavy atom. The van der Waals surface area contributed by atoms with Crippen molar-refractivity contribution in [3.05, 3.63) is 65.2 Å². The maximum Gasteiger partial charge on any atom is 0.191 e. The lowest BCUT2D eigenvalue weighted by Gasteiger charge is -2.27. The van der Waals surface area contributed by atoms with Crippen molar-refractivity contribution in [2.75, 3.05) is 39.9 Å². The van der Waals surface area contributed by atoms with Gasteiger partial charge in [0.2, 0.25) is 0 Å². The van der Waals surface area contributed by atoms with Crippen LogP contribution < -0.4 is 15.4 Å². The number of morpholine rings is 1. The minimum atomic E-state index is 0. The molecule has 32 heavy (non-hydrogen) atoms. The molecule has 1 heterocycles. The van der Waals surface area contributed by atoms with Crippen molar-refractivity contribution in [3.8, 4) is 5.75 Å². The van der Waals surface area contributed by atoms with E-state index in [9.17, 15) is 0 Å². The average Bonchev–Trinajstić information content (AvgIpc) is 2.78. The van der Waals surface area contributed by atoms with E-state index in [2.05, 4.69) is 56.9 Å². The van der Waals surface area contributed by atoms with Crippen LogP contribution in [0.15, 0.2) is 53.5 Å². The zero-order valence-corrected chi connectivity index (χ0v) is 21.8. The fraction of sp³-hybridized carbons (Fsp3) is 0.480. The minimum absolute atomic E-state index is 0. The number of ether oxygens (including phenoxy) is 2. The molecule has 6 nitrogen and oxygen atoms in total. The maximum absolute atomic E-state index is 5.71. The molecule has 1 aliphatic heterocycles. The zero-order valence-electron chi connectivity index (χ0n) is 19.5. The van der Waals surface area contributed by atoms with E-state index in [-0.39, 0.29) is 30.1 Å². The summed E-state index contributed by atoms with van der Waals surface area (Å²) >= 11 is 0. The Kier molecular flexibility index (Phi) is 11.8. The largest absolute Gasteiger partial charge is 0.491 e. The lowest BCUT2D eigenvalue weighted by atomic mass is 10.1. The molecular weight excluding hydrogens is 515 g/mol. The molecule has 2 aromatic carbocycles. The predicted octanol–water partition coefficient (Wildman–Crippen LogP) is 3.83. The topological polar surface area (TPSA) is 58.1 Å².